The Balaban J connectivity index is 1.49. The smallest absolute Gasteiger partial charge is 0.245 e. The number of hydrogen-bond donors (Lipinski definition) is 2. The summed E-state index contributed by atoms with van der Waals surface area (Å²) >= 11 is 7.54. The van der Waals surface area contributed by atoms with Gasteiger partial charge in [0.1, 0.15) is 11.8 Å². The highest BCUT2D eigenvalue weighted by Gasteiger charge is 2.50. The first-order valence-corrected chi connectivity index (χ1v) is 13.4. The number of piperidine rings is 1. The Morgan fingerprint density at radius 1 is 1.22 bits per heavy atom. The highest BCUT2D eigenvalue weighted by molar-refractivity contribution is 7.14. The summed E-state index contributed by atoms with van der Waals surface area (Å²) in [6, 6.07) is 14.7. The molecule has 2 atom stereocenters. The number of aromatic nitrogens is 1. The fourth-order valence-electron chi connectivity index (χ4n) is 4.87. The van der Waals surface area contributed by atoms with Crippen LogP contribution >= 0.6 is 22.9 Å². The van der Waals surface area contributed by atoms with Crippen molar-refractivity contribution in [3.05, 3.63) is 64.5 Å². The van der Waals surface area contributed by atoms with E-state index >= 15 is 0 Å². The van der Waals surface area contributed by atoms with Crippen molar-refractivity contribution in [1.82, 2.24) is 9.88 Å². The van der Waals surface area contributed by atoms with Gasteiger partial charge < -0.3 is 20.1 Å². The van der Waals surface area contributed by atoms with Crippen LogP contribution in [0.1, 0.15) is 39.7 Å². The average molecular weight is 528 g/mol. The molecule has 2 aromatic carbocycles. The van der Waals surface area contributed by atoms with E-state index in [0.717, 1.165) is 22.6 Å². The van der Waals surface area contributed by atoms with Crippen LogP contribution in [0, 0.1) is 11.3 Å². The second kappa shape index (κ2) is 10.4. The van der Waals surface area contributed by atoms with Gasteiger partial charge in [-0.05, 0) is 42.2 Å². The van der Waals surface area contributed by atoms with E-state index in [9.17, 15) is 9.90 Å². The van der Waals surface area contributed by atoms with Crippen molar-refractivity contribution in [1.29, 1.82) is 0 Å². The van der Waals surface area contributed by atoms with Gasteiger partial charge in [0.05, 0.1) is 18.4 Å². The molecule has 0 bridgehead atoms. The second-order valence-corrected chi connectivity index (χ2v) is 11.7. The third kappa shape index (κ3) is 5.24. The minimum absolute atomic E-state index is 0.0226. The summed E-state index contributed by atoms with van der Waals surface area (Å²) in [4.78, 5) is 20.3. The van der Waals surface area contributed by atoms with E-state index in [0.29, 0.717) is 29.7 Å². The van der Waals surface area contributed by atoms with E-state index < -0.39 is 17.1 Å². The Bertz CT molecular complexity index is 1210. The lowest BCUT2D eigenvalue weighted by Crippen LogP contribution is -2.59. The number of carbonyl (C=O) groups excluding carboxylic acids is 1. The summed E-state index contributed by atoms with van der Waals surface area (Å²) in [5.74, 6) is 0.854. The van der Waals surface area contributed by atoms with Gasteiger partial charge in [0, 0.05) is 34.5 Å². The maximum atomic E-state index is 13.7. The van der Waals surface area contributed by atoms with Crippen LogP contribution in [0.4, 0.5) is 5.13 Å². The van der Waals surface area contributed by atoms with E-state index in [1.54, 1.807) is 19.2 Å². The molecule has 0 aliphatic carbocycles. The number of ether oxygens (including phenoxy) is 1. The van der Waals surface area contributed by atoms with Crippen molar-refractivity contribution in [2.45, 2.75) is 45.8 Å². The SMILES string of the molecule is COc1cccc(-c2csc(N[C@@H](C(=O)N3CC[C@](O)(c4ccc(Cl)cc4)C(C)(C)C3)C(C)C)n2)c1. The van der Waals surface area contributed by atoms with Crippen LogP contribution in [0.3, 0.4) is 0 Å². The number of likely N-dealkylation sites (tertiary alicyclic amines) is 1. The van der Waals surface area contributed by atoms with E-state index in [4.69, 9.17) is 21.3 Å². The van der Waals surface area contributed by atoms with Crippen molar-refractivity contribution in [2.75, 3.05) is 25.5 Å². The predicted molar refractivity (Wildman–Crippen MR) is 147 cm³/mol. The van der Waals surface area contributed by atoms with Crippen molar-refractivity contribution in [3.63, 3.8) is 0 Å². The van der Waals surface area contributed by atoms with Crippen LogP contribution in [0.2, 0.25) is 5.02 Å². The monoisotopic (exact) mass is 527 g/mol. The van der Waals surface area contributed by atoms with Gasteiger partial charge in [0.25, 0.3) is 0 Å². The number of anilines is 1. The highest BCUT2D eigenvalue weighted by atomic mass is 35.5. The van der Waals surface area contributed by atoms with Gasteiger partial charge in [-0.3, -0.25) is 4.79 Å². The first kappa shape index (κ1) is 26.5. The molecule has 1 aliphatic rings. The summed E-state index contributed by atoms with van der Waals surface area (Å²) in [7, 11) is 1.64. The molecule has 1 fully saturated rings. The molecule has 4 rings (SSSR count). The standard InChI is InChI=1S/C28H34ClN3O3S/c1-18(2)24(31-26-30-23(16-36-26)19-7-6-8-22(15-19)35-5)25(33)32-14-13-28(34,27(3,4)17-32)20-9-11-21(29)12-10-20/h6-12,15-16,18,24,34H,13-14,17H2,1-5H3,(H,30,31)/t24-,28+/m1/s1. The number of amides is 1. The van der Waals surface area contributed by atoms with Crippen LogP contribution in [0.25, 0.3) is 11.3 Å². The molecule has 0 radical (unpaired) electrons. The average Bonchev–Trinajstić information content (AvgIpc) is 3.33. The predicted octanol–water partition coefficient (Wildman–Crippen LogP) is 6.05. The van der Waals surface area contributed by atoms with Crippen LogP contribution in [-0.4, -0.2) is 47.1 Å². The quantitative estimate of drug-likeness (QED) is 0.391. The van der Waals surface area contributed by atoms with Gasteiger partial charge in [-0.1, -0.05) is 63.6 Å². The molecule has 1 aromatic heterocycles. The molecule has 8 heteroatoms. The minimum atomic E-state index is -1.05. The van der Waals surface area contributed by atoms with Gasteiger partial charge in [0.15, 0.2) is 5.13 Å². The zero-order valence-electron chi connectivity index (χ0n) is 21.4. The zero-order chi connectivity index (χ0) is 26.1. The molecule has 0 unspecified atom stereocenters. The fraction of sp³-hybridized carbons (Fsp3) is 0.429. The number of halogens is 1. The number of thiazole rings is 1. The molecule has 0 spiro atoms. The first-order chi connectivity index (χ1) is 17.0. The summed E-state index contributed by atoms with van der Waals surface area (Å²) in [6.45, 7) is 9.01. The number of carbonyl (C=O) groups is 1. The number of methoxy groups -OCH3 is 1. The molecule has 6 nitrogen and oxygen atoms in total. The largest absolute Gasteiger partial charge is 0.497 e. The summed E-state index contributed by atoms with van der Waals surface area (Å²) in [5.41, 5.74) is 1.04. The molecule has 192 valence electrons. The topological polar surface area (TPSA) is 74.7 Å². The fourth-order valence-corrected chi connectivity index (χ4v) is 5.75. The van der Waals surface area contributed by atoms with E-state index in [1.165, 1.54) is 11.3 Å². The molecule has 0 saturated carbocycles. The lowest BCUT2D eigenvalue weighted by molar-refractivity contribution is -0.154. The number of hydrogen-bond acceptors (Lipinski definition) is 6. The normalized spacial score (nSPS) is 20.3. The minimum Gasteiger partial charge on any atom is -0.497 e. The highest BCUT2D eigenvalue weighted by Crippen LogP contribution is 2.46. The van der Waals surface area contributed by atoms with Gasteiger partial charge in [-0.25, -0.2) is 4.98 Å². The van der Waals surface area contributed by atoms with E-state index in [-0.39, 0.29) is 11.8 Å². The Hall–Kier alpha value is -2.61. The Kier molecular flexibility index (Phi) is 7.64. The van der Waals surface area contributed by atoms with Crippen molar-refractivity contribution in [2.24, 2.45) is 11.3 Å². The number of benzene rings is 2. The third-order valence-electron chi connectivity index (χ3n) is 7.16. The van der Waals surface area contributed by atoms with Crippen molar-refractivity contribution in [3.8, 4) is 17.0 Å². The molecule has 36 heavy (non-hydrogen) atoms. The summed E-state index contributed by atoms with van der Waals surface area (Å²) in [6.07, 6.45) is 0.454. The Morgan fingerprint density at radius 3 is 2.58 bits per heavy atom. The molecular weight excluding hydrogens is 494 g/mol. The van der Waals surface area contributed by atoms with Crippen LogP contribution in [-0.2, 0) is 10.4 Å². The maximum Gasteiger partial charge on any atom is 0.245 e. The van der Waals surface area contributed by atoms with Crippen molar-refractivity contribution >= 4 is 34.0 Å². The van der Waals surface area contributed by atoms with Crippen molar-refractivity contribution < 1.29 is 14.6 Å². The first-order valence-electron chi connectivity index (χ1n) is 12.2. The third-order valence-corrected chi connectivity index (χ3v) is 8.19. The Labute approximate surface area is 222 Å². The van der Waals surface area contributed by atoms with Crippen LogP contribution < -0.4 is 10.1 Å². The molecule has 3 aromatic rings. The number of aliphatic hydroxyl groups is 1. The lowest BCUT2D eigenvalue weighted by Gasteiger charge is -2.51. The van der Waals surface area contributed by atoms with Gasteiger partial charge >= 0.3 is 0 Å². The summed E-state index contributed by atoms with van der Waals surface area (Å²) in [5, 5.41) is 18.4. The number of nitrogens with zero attached hydrogens (tertiary/aromatic N) is 2. The second-order valence-electron chi connectivity index (χ2n) is 10.4. The van der Waals surface area contributed by atoms with Crippen LogP contribution in [0.5, 0.6) is 5.75 Å². The van der Waals surface area contributed by atoms with E-state index in [2.05, 4.69) is 5.32 Å². The molecule has 2 N–H and O–H groups in total. The Morgan fingerprint density at radius 2 is 1.94 bits per heavy atom. The molecule has 1 aliphatic heterocycles. The van der Waals surface area contributed by atoms with Gasteiger partial charge in [0.2, 0.25) is 5.91 Å². The molecule has 2 heterocycles. The zero-order valence-corrected chi connectivity index (χ0v) is 23.0. The van der Waals surface area contributed by atoms with Gasteiger partial charge in [-0.15, -0.1) is 11.3 Å². The lowest BCUT2D eigenvalue weighted by atomic mass is 9.66. The molecule has 1 amide bonds. The maximum absolute atomic E-state index is 13.7. The number of rotatable bonds is 7. The molecular formula is C28H34ClN3O3S. The summed E-state index contributed by atoms with van der Waals surface area (Å²) < 4.78 is 5.33. The van der Waals surface area contributed by atoms with E-state index in [1.807, 2.05) is 74.4 Å². The van der Waals surface area contributed by atoms with Crippen LogP contribution in [0.15, 0.2) is 53.9 Å². The van der Waals surface area contributed by atoms with Gasteiger partial charge in [-0.2, -0.15) is 0 Å². The number of nitrogens with one attached hydrogen (secondary N) is 1. The molecule has 1 saturated heterocycles.